The summed E-state index contributed by atoms with van der Waals surface area (Å²) in [6, 6.07) is 1.85. The van der Waals surface area contributed by atoms with Crippen LogP contribution in [0.15, 0.2) is 6.07 Å². The fraction of sp³-hybridized carbons (Fsp3) is 0.545. The van der Waals surface area contributed by atoms with Crippen molar-refractivity contribution in [2.24, 2.45) is 7.05 Å². The molecule has 1 aromatic rings. The molecule has 0 fully saturated rings. The summed E-state index contributed by atoms with van der Waals surface area (Å²) in [4.78, 5) is 10.8. The van der Waals surface area contributed by atoms with Gasteiger partial charge in [-0.2, -0.15) is 0 Å². The number of hydrogen-bond donors (Lipinski definition) is 1. The number of aromatic nitrogens is 1. The van der Waals surface area contributed by atoms with Crippen molar-refractivity contribution in [2.45, 2.75) is 26.7 Å². The van der Waals surface area contributed by atoms with Gasteiger partial charge in [0.1, 0.15) is 0 Å². The van der Waals surface area contributed by atoms with E-state index >= 15 is 0 Å². The van der Waals surface area contributed by atoms with Gasteiger partial charge in [0, 0.05) is 32.3 Å². The average Bonchev–Trinajstić information content (AvgIpc) is 2.42. The lowest BCUT2D eigenvalue weighted by Gasteiger charge is -2.03. The van der Waals surface area contributed by atoms with E-state index in [-0.39, 0.29) is 12.6 Å². The first-order chi connectivity index (χ1) is 7.06. The van der Waals surface area contributed by atoms with E-state index < -0.39 is 0 Å². The highest BCUT2D eigenvalue weighted by molar-refractivity contribution is 5.69. The van der Waals surface area contributed by atoms with Gasteiger partial charge < -0.3 is 14.4 Å². The number of hydrogen-bond acceptors (Lipinski definition) is 3. The molecule has 15 heavy (non-hydrogen) atoms. The summed E-state index contributed by atoms with van der Waals surface area (Å²) in [5, 5.41) is 8.75. The highest BCUT2D eigenvalue weighted by Gasteiger charge is 2.11. The predicted octanol–water partition coefficient (Wildman–Crippen LogP) is 1.18. The number of aliphatic hydroxyl groups is 1. The molecule has 0 radical (unpaired) electrons. The number of nitrogens with zero attached hydrogens (tertiary/aromatic N) is 1. The zero-order chi connectivity index (χ0) is 11.4. The monoisotopic (exact) mass is 211 g/mol. The first-order valence-electron chi connectivity index (χ1n) is 5.00. The summed E-state index contributed by atoms with van der Waals surface area (Å²) < 4.78 is 7.04. The molecule has 1 aromatic heterocycles. The molecule has 0 unspecified atom stereocenters. The standard InChI is InChI=1S/C11H17NO3/c1-8-11(15-9(2)14)7-10(12(8)3)5-4-6-13/h7,13H,4-6H2,1-3H3. The van der Waals surface area contributed by atoms with Crippen LogP contribution in [0.4, 0.5) is 0 Å². The molecule has 1 N–H and O–H groups in total. The molecule has 1 rings (SSSR count). The van der Waals surface area contributed by atoms with Gasteiger partial charge in [0.25, 0.3) is 0 Å². The second-order valence-corrected chi connectivity index (χ2v) is 3.57. The Kier molecular flexibility index (Phi) is 3.91. The molecule has 0 spiro atoms. The molecule has 4 nitrogen and oxygen atoms in total. The van der Waals surface area contributed by atoms with Crippen LogP contribution in [0.1, 0.15) is 24.7 Å². The van der Waals surface area contributed by atoms with Crippen LogP contribution in [0.2, 0.25) is 0 Å². The molecule has 0 atom stereocenters. The lowest BCUT2D eigenvalue weighted by Crippen LogP contribution is -2.02. The predicted molar refractivity (Wildman–Crippen MR) is 56.9 cm³/mol. The topological polar surface area (TPSA) is 51.5 Å². The van der Waals surface area contributed by atoms with Crippen LogP contribution in [-0.2, 0) is 18.3 Å². The van der Waals surface area contributed by atoms with E-state index in [1.165, 1.54) is 6.92 Å². The highest BCUT2D eigenvalue weighted by atomic mass is 16.5. The van der Waals surface area contributed by atoms with E-state index in [1.807, 2.05) is 24.6 Å². The molecule has 0 amide bonds. The maximum absolute atomic E-state index is 10.8. The molecular formula is C11H17NO3. The summed E-state index contributed by atoms with van der Waals surface area (Å²) >= 11 is 0. The number of carbonyl (C=O) groups excluding carboxylic acids is 1. The Bertz CT molecular complexity index is 355. The minimum absolute atomic E-state index is 0.174. The van der Waals surface area contributed by atoms with Gasteiger partial charge in [-0.1, -0.05) is 0 Å². The molecule has 0 saturated heterocycles. The van der Waals surface area contributed by atoms with Crippen LogP contribution >= 0.6 is 0 Å². The fourth-order valence-corrected chi connectivity index (χ4v) is 1.49. The third-order valence-electron chi connectivity index (χ3n) is 2.43. The molecule has 0 aliphatic heterocycles. The molecular weight excluding hydrogens is 194 g/mol. The summed E-state index contributed by atoms with van der Waals surface area (Å²) in [5.41, 5.74) is 2.00. The summed E-state index contributed by atoms with van der Waals surface area (Å²) in [6.45, 7) is 3.47. The van der Waals surface area contributed by atoms with Crippen molar-refractivity contribution in [3.63, 3.8) is 0 Å². The largest absolute Gasteiger partial charge is 0.425 e. The Balaban J connectivity index is 2.86. The number of ether oxygens (including phenoxy) is 1. The molecule has 0 aromatic carbocycles. The molecule has 0 saturated carbocycles. The quantitative estimate of drug-likeness (QED) is 0.761. The van der Waals surface area contributed by atoms with Crippen LogP contribution in [0.5, 0.6) is 5.75 Å². The Morgan fingerprint density at radius 2 is 2.27 bits per heavy atom. The van der Waals surface area contributed by atoms with E-state index in [4.69, 9.17) is 9.84 Å². The molecule has 1 heterocycles. The van der Waals surface area contributed by atoms with E-state index in [0.717, 1.165) is 24.2 Å². The van der Waals surface area contributed by atoms with Crippen LogP contribution in [-0.4, -0.2) is 22.2 Å². The summed E-state index contributed by atoms with van der Waals surface area (Å²) in [5.74, 6) is 0.301. The van der Waals surface area contributed by atoms with Gasteiger partial charge in [-0.3, -0.25) is 4.79 Å². The first-order valence-corrected chi connectivity index (χ1v) is 5.00. The smallest absolute Gasteiger partial charge is 0.308 e. The van der Waals surface area contributed by atoms with E-state index in [2.05, 4.69) is 0 Å². The zero-order valence-corrected chi connectivity index (χ0v) is 9.41. The van der Waals surface area contributed by atoms with Crippen molar-refractivity contribution >= 4 is 5.97 Å². The first kappa shape index (κ1) is 11.8. The maximum atomic E-state index is 10.8. The van der Waals surface area contributed by atoms with Gasteiger partial charge in [0.2, 0.25) is 0 Å². The van der Waals surface area contributed by atoms with Crippen LogP contribution in [0.25, 0.3) is 0 Å². The third kappa shape index (κ3) is 2.83. The van der Waals surface area contributed by atoms with Gasteiger partial charge in [-0.05, 0) is 19.8 Å². The Hall–Kier alpha value is -1.29. The summed E-state index contributed by atoms with van der Waals surface area (Å²) in [7, 11) is 1.93. The number of aliphatic hydroxyl groups excluding tert-OH is 1. The molecule has 0 aliphatic carbocycles. The lowest BCUT2D eigenvalue weighted by molar-refractivity contribution is -0.131. The van der Waals surface area contributed by atoms with Crippen molar-refractivity contribution in [3.8, 4) is 5.75 Å². The number of carbonyl (C=O) groups is 1. The highest BCUT2D eigenvalue weighted by Crippen LogP contribution is 2.23. The lowest BCUT2D eigenvalue weighted by atomic mass is 10.2. The van der Waals surface area contributed by atoms with Crippen molar-refractivity contribution in [3.05, 3.63) is 17.5 Å². The average molecular weight is 211 g/mol. The minimum Gasteiger partial charge on any atom is -0.425 e. The van der Waals surface area contributed by atoms with Gasteiger partial charge in [0.15, 0.2) is 5.75 Å². The summed E-state index contributed by atoms with van der Waals surface area (Å²) in [6.07, 6.45) is 1.51. The normalized spacial score (nSPS) is 10.4. The fourth-order valence-electron chi connectivity index (χ4n) is 1.49. The zero-order valence-electron chi connectivity index (χ0n) is 9.41. The Morgan fingerprint density at radius 3 is 2.80 bits per heavy atom. The Morgan fingerprint density at radius 1 is 1.60 bits per heavy atom. The van der Waals surface area contributed by atoms with Crippen molar-refractivity contribution < 1.29 is 14.6 Å². The molecule has 0 bridgehead atoms. The van der Waals surface area contributed by atoms with Gasteiger partial charge in [-0.25, -0.2) is 0 Å². The van der Waals surface area contributed by atoms with E-state index in [9.17, 15) is 4.79 Å². The molecule has 0 aliphatic rings. The Labute approximate surface area is 89.5 Å². The van der Waals surface area contributed by atoms with Crippen LogP contribution in [0, 0.1) is 6.92 Å². The second kappa shape index (κ2) is 4.98. The van der Waals surface area contributed by atoms with Crippen molar-refractivity contribution in [1.82, 2.24) is 4.57 Å². The van der Waals surface area contributed by atoms with Crippen molar-refractivity contribution in [2.75, 3.05) is 6.61 Å². The van der Waals surface area contributed by atoms with Gasteiger partial charge in [-0.15, -0.1) is 0 Å². The molecule has 4 heteroatoms. The molecule has 84 valence electrons. The minimum atomic E-state index is -0.308. The third-order valence-corrected chi connectivity index (χ3v) is 2.43. The van der Waals surface area contributed by atoms with E-state index in [1.54, 1.807) is 0 Å². The maximum Gasteiger partial charge on any atom is 0.308 e. The number of rotatable bonds is 4. The van der Waals surface area contributed by atoms with Crippen LogP contribution in [0.3, 0.4) is 0 Å². The second-order valence-electron chi connectivity index (χ2n) is 3.57. The number of aryl methyl sites for hydroxylation is 1. The SMILES string of the molecule is CC(=O)Oc1cc(CCCO)n(C)c1C. The van der Waals surface area contributed by atoms with E-state index in [0.29, 0.717) is 5.75 Å². The van der Waals surface area contributed by atoms with Crippen LogP contribution < -0.4 is 4.74 Å². The van der Waals surface area contributed by atoms with Gasteiger partial charge in [0.05, 0.1) is 5.69 Å². The number of esters is 1. The van der Waals surface area contributed by atoms with Crippen molar-refractivity contribution in [1.29, 1.82) is 0 Å². The van der Waals surface area contributed by atoms with Gasteiger partial charge >= 0.3 is 5.97 Å².